The number of aromatic hydroxyl groups is 1. The number of likely N-dealkylation sites (tertiary alicyclic amines) is 1. The van der Waals surface area contributed by atoms with E-state index in [-0.39, 0.29) is 47.4 Å². The van der Waals surface area contributed by atoms with E-state index in [2.05, 4.69) is 77.0 Å². The van der Waals surface area contributed by atoms with Crippen LogP contribution in [0.4, 0.5) is 0 Å². The highest BCUT2D eigenvalue weighted by atomic mass is 16.6. The molecule has 5 atom stereocenters. The normalized spacial score (nSPS) is 26.1. The minimum Gasteiger partial charge on any atom is -0.508 e. The molecule has 7 heteroatoms. The van der Waals surface area contributed by atoms with Gasteiger partial charge in [-0.15, -0.1) is 6.58 Å². The smallest absolute Gasteiger partial charge is 0.308 e. The van der Waals surface area contributed by atoms with Crippen LogP contribution in [0.1, 0.15) is 112 Å². The molecule has 3 aliphatic carbocycles. The lowest BCUT2D eigenvalue weighted by Crippen LogP contribution is -2.69. The van der Waals surface area contributed by atoms with Gasteiger partial charge in [0, 0.05) is 61.0 Å². The summed E-state index contributed by atoms with van der Waals surface area (Å²) in [6.45, 7) is 7.68. The molecule has 2 aliphatic heterocycles. The lowest BCUT2D eigenvalue weighted by molar-refractivity contribution is -0.143. The summed E-state index contributed by atoms with van der Waals surface area (Å²) < 4.78 is 12.9. The molecule has 0 aromatic heterocycles. The predicted molar refractivity (Wildman–Crippen MR) is 207 cm³/mol. The van der Waals surface area contributed by atoms with E-state index in [1.54, 1.807) is 6.07 Å². The van der Waals surface area contributed by atoms with Crippen LogP contribution in [-0.2, 0) is 21.4 Å². The van der Waals surface area contributed by atoms with Crippen molar-refractivity contribution >= 4 is 11.9 Å². The van der Waals surface area contributed by atoms with Gasteiger partial charge >= 0.3 is 5.97 Å². The van der Waals surface area contributed by atoms with E-state index in [1.807, 2.05) is 6.08 Å². The Kier molecular flexibility index (Phi) is 10.4. The summed E-state index contributed by atoms with van der Waals surface area (Å²) in [5.41, 5.74) is 3.90. The fourth-order valence-corrected chi connectivity index (χ4v) is 11.3. The lowest BCUT2D eigenvalue weighted by Gasteiger charge is -2.60. The molecule has 1 spiro atoms. The van der Waals surface area contributed by atoms with E-state index in [0.29, 0.717) is 25.1 Å². The molecule has 2 saturated carbocycles. The van der Waals surface area contributed by atoms with Crippen molar-refractivity contribution in [3.05, 3.63) is 102 Å². The van der Waals surface area contributed by atoms with Crippen molar-refractivity contribution in [2.75, 3.05) is 19.6 Å². The molecule has 2 heterocycles. The van der Waals surface area contributed by atoms with Crippen LogP contribution in [-0.4, -0.2) is 64.6 Å². The second kappa shape index (κ2) is 15.3. The van der Waals surface area contributed by atoms with Crippen molar-refractivity contribution in [2.24, 2.45) is 11.8 Å². The molecule has 2 bridgehead atoms. The number of nitrogens with zero attached hydrogens (tertiary/aromatic N) is 2. The Hall–Kier alpha value is -4.10. The number of carbonyl (C=O) groups is 2. The fourth-order valence-electron chi connectivity index (χ4n) is 11.3. The summed E-state index contributed by atoms with van der Waals surface area (Å²) in [6.07, 6.45) is 15.4. The molecule has 1 N–H and O–H groups in total. The first-order valence-corrected chi connectivity index (χ1v) is 20.4. The Morgan fingerprint density at radius 3 is 2.42 bits per heavy atom. The highest BCUT2D eigenvalue weighted by Gasteiger charge is 2.67. The van der Waals surface area contributed by atoms with Gasteiger partial charge in [-0.3, -0.25) is 14.5 Å². The largest absolute Gasteiger partial charge is 0.508 e. The van der Waals surface area contributed by atoms with Crippen LogP contribution < -0.4 is 9.47 Å². The highest BCUT2D eigenvalue weighted by molar-refractivity contribution is 5.77. The molecule has 1 saturated heterocycles. The van der Waals surface area contributed by atoms with Crippen molar-refractivity contribution in [2.45, 2.75) is 120 Å². The first-order valence-electron chi connectivity index (χ1n) is 20.4. The number of hydrogen-bond donors (Lipinski definition) is 1. The number of esters is 1. The molecule has 3 aromatic rings. The van der Waals surface area contributed by atoms with Crippen LogP contribution in [0.5, 0.6) is 17.2 Å². The van der Waals surface area contributed by atoms with Gasteiger partial charge in [0.1, 0.15) is 11.9 Å². The number of amides is 1. The molecular formula is C46H56N2O5. The summed E-state index contributed by atoms with van der Waals surface area (Å²) in [5.74, 6) is 1.87. The molecule has 0 radical (unpaired) electrons. The zero-order valence-electron chi connectivity index (χ0n) is 31.4. The van der Waals surface area contributed by atoms with Gasteiger partial charge in [0.2, 0.25) is 5.91 Å². The summed E-state index contributed by atoms with van der Waals surface area (Å²) in [4.78, 5) is 32.0. The quantitative estimate of drug-likeness (QED) is 0.0826. The van der Waals surface area contributed by atoms with Gasteiger partial charge in [-0.2, -0.15) is 0 Å². The molecule has 5 aliphatic rings. The molecule has 8 rings (SSSR count). The second-order valence-corrected chi connectivity index (χ2v) is 16.5. The van der Waals surface area contributed by atoms with Gasteiger partial charge in [0.15, 0.2) is 11.5 Å². The Bertz CT molecular complexity index is 1750. The first-order chi connectivity index (χ1) is 25.9. The van der Waals surface area contributed by atoms with Gasteiger partial charge in [-0.05, 0) is 61.6 Å². The minimum atomic E-state index is -0.447. The van der Waals surface area contributed by atoms with Crippen molar-refractivity contribution in [1.29, 1.82) is 0 Å². The number of phenols is 1. The number of ether oxygens (including phenoxy) is 2. The predicted octanol–water partition coefficient (Wildman–Crippen LogP) is 8.71. The summed E-state index contributed by atoms with van der Waals surface area (Å²) in [7, 11) is 0. The van der Waals surface area contributed by atoms with E-state index in [0.717, 1.165) is 62.2 Å². The van der Waals surface area contributed by atoms with Gasteiger partial charge in [0.05, 0.1) is 6.04 Å². The van der Waals surface area contributed by atoms with Crippen LogP contribution in [0.2, 0.25) is 0 Å². The van der Waals surface area contributed by atoms with Gasteiger partial charge in [-0.1, -0.05) is 112 Å². The van der Waals surface area contributed by atoms with E-state index in [1.165, 1.54) is 56.6 Å². The first kappa shape index (κ1) is 35.9. The molecule has 7 nitrogen and oxygen atoms in total. The Balaban J connectivity index is 1.18. The molecule has 1 amide bonds. The van der Waals surface area contributed by atoms with Crippen molar-refractivity contribution in [3.63, 3.8) is 0 Å². The van der Waals surface area contributed by atoms with Gasteiger partial charge in [0.25, 0.3) is 0 Å². The third-order valence-electron chi connectivity index (χ3n) is 13.6. The topological polar surface area (TPSA) is 79.3 Å². The highest BCUT2D eigenvalue weighted by Crippen LogP contribution is 2.66. The zero-order valence-corrected chi connectivity index (χ0v) is 31.4. The van der Waals surface area contributed by atoms with Crippen LogP contribution in [0.3, 0.4) is 0 Å². The van der Waals surface area contributed by atoms with Crippen LogP contribution in [0.15, 0.2) is 79.4 Å². The number of unbranched alkanes of at least 4 members (excludes halogenated alkanes) is 1. The average Bonchev–Trinajstić information content (AvgIpc) is 3.52. The molecule has 3 fully saturated rings. The molecule has 53 heavy (non-hydrogen) atoms. The second-order valence-electron chi connectivity index (χ2n) is 16.5. The maximum atomic E-state index is 14.9. The summed E-state index contributed by atoms with van der Waals surface area (Å²) >= 11 is 0. The molecule has 3 aromatic carbocycles. The zero-order chi connectivity index (χ0) is 36.5. The van der Waals surface area contributed by atoms with Gasteiger partial charge < -0.3 is 19.5 Å². The number of hydrogen-bond acceptors (Lipinski definition) is 6. The van der Waals surface area contributed by atoms with Crippen LogP contribution >= 0.6 is 0 Å². The van der Waals surface area contributed by atoms with Crippen molar-refractivity contribution in [3.8, 4) is 17.2 Å². The summed E-state index contributed by atoms with van der Waals surface area (Å²) in [6, 6.07) is 22.8. The molecule has 0 unspecified atom stereocenters. The Morgan fingerprint density at radius 1 is 1.02 bits per heavy atom. The average molecular weight is 717 g/mol. The van der Waals surface area contributed by atoms with Crippen LogP contribution in [0.25, 0.3) is 0 Å². The van der Waals surface area contributed by atoms with Crippen molar-refractivity contribution < 1.29 is 24.2 Å². The minimum absolute atomic E-state index is 0.00709. The molecule has 280 valence electrons. The third kappa shape index (κ3) is 6.68. The monoisotopic (exact) mass is 716 g/mol. The number of carbonyl (C=O) groups excluding carboxylic acids is 2. The lowest BCUT2D eigenvalue weighted by atomic mass is 9.50. The SMILES string of the molecule is C=CCN1CC[C@]23c4c5c(O)cc(OC(C)=O)c4O[C@H]2[C@@H](N(CC(c2ccccc2)c2ccccc2)C(=O)CCCCC2CCCCC2)CC[C@H]3[C@H]1C5. The standard InChI is InChI=1S/C46H56N2O5/c1-3-26-47-27-25-46-37-23-24-38(45(46)53-44-41(52-31(2)49)29-40(50)35(43(44)46)28-39(37)47)48(42(51)22-14-13-17-32-15-7-4-8-16-32)30-36(33-18-9-5-10-19-33)34-20-11-6-12-21-34/h3,5-6,9-12,18-21,29,32,36-39,45,50H,1,4,7-8,13-17,22-28,30H2,2H3/t37-,38-,39+,45-,46-/m0/s1. The van der Waals surface area contributed by atoms with E-state index >= 15 is 0 Å². The van der Waals surface area contributed by atoms with Crippen molar-refractivity contribution in [1.82, 2.24) is 9.80 Å². The van der Waals surface area contributed by atoms with E-state index in [4.69, 9.17) is 9.47 Å². The maximum Gasteiger partial charge on any atom is 0.308 e. The third-order valence-corrected chi connectivity index (χ3v) is 13.6. The Morgan fingerprint density at radius 2 is 1.74 bits per heavy atom. The Labute approximate surface area is 315 Å². The fraction of sp³-hybridized carbons (Fsp3) is 0.522. The number of phenolic OH excluding ortho intramolecular Hbond substituents is 1. The van der Waals surface area contributed by atoms with Gasteiger partial charge in [-0.25, -0.2) is 0 Å². The maximum absolute atomic E-state index is 14.9. The van der Waals surface area contributed by atoms with E-state index in [9.17, 15) is 14.7 Å². The van der Waals surface area contributed by atoms with E-state index < -0.39 is 11.4 Å². The molecular weight excluding hydrogens is 661 g/mol. The number of benzene rings is 3. The number of piperidine rings is 1. The summed E-state index contributed by atoms with van der Waals surface area (Å²) in [5, 5.41) is 11.6. The van der Waals surface area contributed by atoms with Crippen LogP contribution in [0, 0.1) is 11.8 Å². The number of rotatable bonds is 13.